The minimum absolute atomic E-state index is 0.221. The van der Waals surface area contributed by atoms with Crippen molar-refractivity contribution in [1.29, 1.82) is 0 Å². The van der Waals surface area contributed by atoms with Gasteiger partial charge in [0, 0.05) is 37.1 Å². The Morgan fingerprint density at radius 3 is 2.90 bits per heavy atom. The van der Waals surface area contributed by atoms with Crippen molar-refractivity contribution in [2.45, 2.75) is 50.6 Å². The van der Waals surface area contributed by atoms with Crippen LogP contribution in [0, 0.1) is 11.8 Å². The van der Waals surface area contributed by atoms with E-state index in [1.165, 1.54) is 45.2 Å². The van der Waals surface area contributed by atoms with Crippen LogP contribution in [-0.2, 0) is 7.05 Å². The molecule has 3 aliphatic heterocycles. The van der Waals surface area contributed by atoms with E-state index in [-0.39, 0.29) is 5.91 Å². The highest BCUT2D eigenvalue weighted by molar-refractivity contribution is 5.99. The summed E-state index contributed by atoms with van der Waals surface area (Å²) in [6, 6.07) is 11.5. The van der Waals surface area contributed by atoms with Gasteiger partial charge in [-0.3, -0.25) is 9.69 Å². The van der Waals surface area contributed by atoms with Gasteiger partial charge in [0.25, 0.3) is 5.91 Å². The highest BCUT2D eigenvalue weighted by atomic mass is 16.2. The molecule has 0 spiro atoms. The molecule has 2 aromatic rings. The molecule has 29 heavy (non-hydrogen) atoms. The van der Waals surface area contributed by atoms with Crippen LogP contribution in [0.5, 0.6) is 0 Å². The van der Waals surface area contributed by atoms with Crippen molar-refractivity contribution in [2.24, 2.45) is 18.9 Å². The molecule has 1 aliphatic carbocycles. The number of benzene rings is 1. The molecule has 6 rings (SSSR count). The molecule has 0 N–H and O–H groups in total. The van der Waals surface area contributed by atoms with E-state index in [2.05, 4.69) is 50.8 Å². The minimum Gasteiger partial charge on any atom is -0.340 e. The van der Waals surface area contributed by atoms with E-state index >= 15 is 0 Å². The minimum atomic E-state index is 0.221. The van der Waals surface area contributed by atoms with Gasteiger partial charge >= 0.3 is 0 Å². The number of para-hydroxylation sites is 1. The predicted octanol–water partition coefficient (Wildman–Crippen LogP) is 4.21. The molecular weight excluding hydrogens is 358 g/mol. The van der Waals surface area contributed by atoms with E-state index in [0.29, 0.717) is 17.9 Å². The summed E-state index contributed by atoms with van der Waals surface area (Å²) in [7, 11) is 2.03. The monoisotopic (exact) mass is 389 g/mol. The first-order valence-corrected chi connectivity index (χ1v) is 11.5. The van der Waals surface area contributed by atoms with Crippen molar-refractivity contribution < 1.29 is 4.79 Å². The van der Waals surface area contributed by atoms with E-state index < -0.39 is 0 Å². The highest BCUT2D eigenvalue weighted by Crippen LogP contribution is 2.45. The first kappa shape index (κ1) is 17.8. The molecule has 4 heterocycles. The summed E-state index contributed by atoms with van der Waals surface area (Å²) in [4.78, 5) is 18.7. The Hall–Kier alpha value is -2.07. The van der Waals surface area contributed by atoms with Crippen molar-refractivity contribution in [2.75, 3.05) is 19.6 Å². The van der Waals surface area contributed by atoms with E-state index in [4.69, 9.17) is 0 Å². The number of carbonyl (C=O) groups is 1. The molecule has 1 aromatic carbocycles. The van der Waals surface area contributed by atoms with Crippen molar-refractivity contribution in [3.05, 3.63) is 47.7 Å². The topological polar surface area (TPSA) is 28.5 Å². The van der Waals surface area contributed by atoms with Gasteiger partial charge in [0.1, 0.15) is 5.69 Å². The summed E-state index contributed by atoms with van der Waals surface area (Å²) in [5.41, 5.74) is 3.54. The zero-order valence-corrected chi connectivity index (χ0v) is 17.4. The van der Waals surface area contributed by atoms with Crippen LogP contribution in [0.3, 0.4) is 0 Å². The van der Waals surface area contributed by atoms with Crippen molar-refractivity contribution in [3.63, 3.8) is 0 Å². The number of hydrogen-bond donors (Lipinski definition) is 0. The van der Waals surface area contributed by atoms with Gasteiger partial charge in [0.2, 0.25) is 0 Å². The second-order valence-electron chi connectivity index (χ2n) is 9.65. The molecule has 4 atom stereocenters. The molecule has 4 nitrogen and oxygen atoms in total. The molecule has 3 saturated heterocycles. The zero-order chi connectivity index (χ0) is 19.5. The summed E-state index contributed by atoms with van der Waals surface area (Å²) in [6.45, 7) is 3.33. The third-order valence-corrected chi connectivity index (χ3v) is 8.09. The van der Waals surface area contributed by atoms with Gasteiger partial charge in [-0.15, -0.1) is 0 Å². The first-order chi connectivity index (χ1) is 14.2. The van der Waals surface area contributed by atoms with Crippen LogP contribution in [0.15, 0.2) is 42.0 Å². The molecular formula is C25H31N3O. The Bertz CT molecular complexity index is 989. The molecule has 152 valence electrons. The number of rotatable bonds is 1. The molecule has 3 fully saturated rings. The van der Waals surface area contributed by atoms with Crippen LogP contribution in [-0.4, -0.2) is 52.0 Å². The van der Waals surface area contributed by atoms with Crippen LogP contribution in [0.1, 0.15) is 49.0 Å². The van der Waals surface area contributed by atoms with Crippen LogP contribution < -0.4 is 0 Å². The smallest absolute Gasteiger partial charge is 0.271 e. The Balaban J connectivity index is 1.36. The zero-order valence-electron chi connectivity index (χ0n) is 17.4. The summed E-state index contributed by atoms with van der Waals surface area (Å²) in [5, 5.41) is 1.16. The van der Waals surface area contributed by atoms with Crippen molar-refractivity contribution in [1.82, 2.24) is 14.4 Å². The van der Waals surface area contributed by atoms with Crippen molar-refractivity contribution in [3.8, 4) is 0 Å². The standard InChI is InChI=1S/C25H31N3O/c1-26-21-9-3-2-7-17(21)15-23(26)25(29)28-12-6-8-18-13-19-14-20(24(18)28)16-27-11-5-4-10-22(19)27/h2-3,7,9,13,15,19-20,22,24H,4-6,8,10-12,14,16H2,1H3/t19-,20-,22?,24?/m0/s1. The second-order valence-corrected chi connectivity index (χ2v) is 9.65. The molecule has 1 amide bonds. The van der Waals surface area contributed by atoms with Gasteiger partial charge < -0.3 is 9.47 Å². The maximum atomic E-state index is 13.8. The van der Waals surface area contributed by atoms with E-state index in [1.54, 1.807) is 5.57 Å². The predicted molar refractivity (Wildman–Crippen MR) is 116 cm³/mol. The van der Waals surface area contributed by atoms with Gasteiger partial charge in [0.15, 0.2) is 0 Å². The van der Waals surface area contributed by atoms with Gasteiger partial charge in [-0.05, 0) is 62.6 Å². The number of aryl methyl sites for hydroxylation is 1. The van der Waals surface area contributed by atoms with E-state index in [9.17, 15) is 4.79 Å². The molecule has 4 heteroatoms. The lowest BCUT2D eigenvalue weighted by Crippen LogP contribution is -2.60. The Labute approximate surface area is 173 Å². The fourth-order valence-electron chi connectivity index (χ4n) is 6.84. The van der Waals surface area contributed by atoms with Gasteiger partial charge in [0.05, 0.1) is 6.04 Å². The quantitative estimate of drug-likeness (QED) is 0.684. The SMILES string of the molecule is Cn1c(C(=O)N2CCCC3=C[C@H]4C[C@@H](CN5CCCCC45)C32)cc2ccccc21. The molecule has 0 saturated carbocycles. The first-order valence-electron chi connectivity index (χ1n) is 11.5. The van der Waals surface area contributed by atoms with E-state index in [0.717, 1.165) is 35.6 Å². The van der Waals surface area contributed by atoms with Crippen LogP contribution >= 0.6 is 0 Å². The number of nitrogens with zero attached hydrogens (tertiary/aromatic N) is 3. The normalized spacial score (nSPS) is 31.9. The van der Waals surface area contributed by atoms with E-state index in [1.807, 2.05) is 7.05 Å². The van der Waals surface area contributed by atoms with Gasteiger partial charge in [-0.25, -0.2) is 0 Å². The van der Waals surface area contributed by atoms with Crippen molar-refractivity contribution >= 4 is 16.8 Å². The second kappa shape index (κ2) is 6.73. The molecule has 4 aliphatic rings. The third kappa shape index (κ3) is 2.72. The highest BCUT2D eigenvalue weighted by Gasteiger charge is 2.47. The number of fused-ring (bicyclic) bond motifs is 7. The summed E-state index contributed by atoms with van der Waals surface area (Å²) < 4.78 is 2.09. The van der Waals surface area contributed by atoms with Crippen LogP contribution in [0.25, 0.3) is 10.9 Å². The number of hydrogen-bond acceptors (Lipinski definition) is 2. The summed E-state index contributed by atoms with van der Waals surface area (Å²) >= 11 is 0. The molecule has 2 bridgehead atoms. The Kier molecular flexibility index (Phi) is 4.12. The lowest BCUT2D eigenvalue weighted by atomic mass is 9.68. The fraction of sp³-hybridized carbons (Fsp3) is 0.560. The number of piperidine rings is 3. The average Bonchev–Trinajstić information content (AvgIpc) is 3.10. The summed E-state index contributed by atoms with van der Waals surface area (Å²) in [5.74, 6) is 1.54. The number of aromatic nitrogens is 1. The van der Waals surface area contributed by atoms with Gasteiger partial charge in [-0.1, -0.05) is 36.3 Å². The lowest BCUT2D eigenvalue weighted by Gasteiger charge is -2.54. The Morgan fingerprint density at radius 2 is 2.00 bits per heavy atom. The number of carbonyl (C=O) groups excluding carboxylic acids is 1. The number of amides is 1. The number of likely N-dealkylation sites (tertiary alicyclic amines) is 1. The summed E-state index contributed by atoms with van der Waals surface area (Å²) in [6.07, 6.45) is 10.3. The Morgan fingerprint density at radius 1 is 1.10 bits per heavy atom. The average molecular weight is 390 g/mol. The fourth-order valence-corrected chi connectivity index (χ4v) is 6.84. The molecule has 0 radical (unpaired) electrons. The maximum absolute atomic E-state index is 13.8. The molecule has 1 aromatic heterocycles. The van der Waals surface area contributed by atoms with Crippen LogP contribution in [0.4, 0.5) is 0 Å². The third-order valence-electron chi connectivity index (χ3n) is 8.09. The maximum Gasteiger partial charge on any atom is 0.271 e. The van der Waals surface area contributed by atoms with Crippen LogP contribution in [0.2, 0.25) is 0 Å². The lowest BCUT2D eigenvalue weighted by molar-refractivity contribution is 0.00123. The largest absolute Gasteiger partial charge is 0.340 e. The molecule has 2 unspecified atom stereocenters. The van der Waals surface area contributed by atoms with Gasteiger partial charge in [-0.2, -0.15) is 0 Å².